The van der Waals surface area contributed by atoms with Crippen molar-refractivity contribution in [3.63, 3.8) is 0 Å². The van der Waals surface area contributed by atoms with Gasteiger partial charge in [-0.05, 0) is 12.0 Å². The van der Waals surface area contributed by atoms with E-state index in [9.17, 15) is 33.7 Å². The number of benzene rings is 1. The average Bonchev–Trinajstić information content (AvgIpc) is 2.59. The van der Waals surface area contributed by atoms with Crippen LogP contribution in [0, 0.1) is 11.6 Å². The number of carboxylic acids is 1. The number of aliphatic carboxylic acids is 1. The van der Waals surface area contributed by atoms with Gasteiger partial charge >= 0.3 is 11.9 Å². The molecule has 4 N–H and O–H groups in total. The number of carbonyl (C=O) groups is 2. The minimum Gasteiger partial charge on any atom is -0.479 e. The van der Waals surface area contributed by atoms with Crippen molar-refractivity contribution in [2.75, 3.05) is 0 Å². The number of ether oxygens (including phenoxy) is 3. The summed E-state index contributed by atoms with van der Waals surface area (Å²) in [6.45, 7) is 1.57. The lowest BCUT2D eigenvalue weighted by Crippen LogP contribution is -2.61. The van der Waals surface area contributed by atoms with Gasteiger partial charge in [-0.1, -0.05) is 6.92 Å². The van der Waals surface area contributed by atoms with E-state index in [1.165, 1.54) is 0 Å². The highest BCUT2D eigenvalue weighted by atomic mass is 19.1. The molecule has 27 heavy (non-hydrogen) atoms. The molecule has 1 saturated heterocycles. The van der Waals surface area contributed by atoms with Crippen molar-refractivity contribution in [2.24, 2.45) is 0 Å². The maximum Gasteiger partial charge on any atom is 0.335 e. The second-order valence-corrected chi connectivity index (χ2v) is 6.35. The predicted molar refractivity (Wildman–Crippen MR) is 80.0 cm³/mol. The Balaban J connectivity index is 1.94. The third-order valence-corrected chi connectivity index (χ3v) is 4.43. The quantitative estimate of drug-likeness (QED) is 0.402. The minimum absolute atomic E-state index is 0.0685. The third-order valence-electron chi connectivity index (χ3n) is 4.43. The zero-order chi connectivity index (χ0) is 20.0. The molecule has 11 heteroatoms. The number of hydrogen-bond acceptors (Lipinski definition) is 8. The Morgan fingerprint density at radius 3 is 2.52 bits per heavy atom. The number of halogens is 2. The highest BCUT2D eigenvalue weighted by Gasteiger charge is 2.48. The molecule has 0 radical (unpaired) electrons. The van der Waals surface area contributed by atoms with Crippen LogP contribution in [0.2, 0.25) is 0 Å². The molecule has 3 unspecified atom stereocenters. The van der Waals surface area contributed by atoms with Gasteiger partial charge < -0.3 is 34.6 Å². The normalized spacial score (nSPS) is 33.2. The van der Waals surface area contributed by atoms with Crippen LogP contribution in [0.1, 0.15) is 24.8 Å². The van der Waals surface area contributed by atoms with Crippen molar-refractivity contribution in [3.8, 4) is 11.5 Å². The lowest BCUT2D eigenvalue weighted by Gasteiger charge is -2.38. The molecule has 0 amide bonds. The van der Waals surface area contributed by atoms with E-state index in [1.807, 2.05) is 0 Å². The number of hydrogen-bond donors (Lipinski definition) is 4. The van der Waals surface area contributed by atoms with Gasteiger partial charge in [0, 0.05) is 5.56 Å². The molecule has 0 spiro atoms. The van der Waals surface area contributed by atoms with E-state index in [0.717, 1.165) is 6.07 Å². The van der Waals surface area contributed by atoms with Crippen LogP contribution in [0.3, 0.4) is 0 Å². The van der Waals surface area contributed by atoms with Crippen molar-refractivity contribution in [3.05, 3.63) is 23.3 Å². The molecule has 6 atom stereocenters. The lowest BCUT2D eigenvalue weighted by molar-refractivity contribution is -0.271. The van der Waals surface area contributed by atoms with Crippen LogP contribution in [0.25, 0.3) is 0 Å². The third kappa shape index (κ3) is 3.34. The van der Waals surface area contributed by atoms with Gasteiger partial charge in [0.05, 0.1) is 6.42 Å². The summed E-state index contributed by atoms with van der Waals surface area (Å²) in [5.41, 5.74) is 0.0981. The van der Waals surface area contributed by atoms with Gasteiger partial charge in [0.1, 0.15) is 18.3 Å². The molecule has 2 aliphatic rings. The Morgan fingerprint density at radius 1 is 1.22 bits per heavy atom. The molecule has 1 fully saturated rings. The van der Waals surface area contributed by atoms with E-state index in [1.54, 1.807) is 6.92 Å². The summed E-state index contributed by atoms with van der Waals surface area (Å²) >= 11 is 0. The van der Waals surface area contributed by atoms with Crippen molar-refractivity contribution < 1.29 is 53.0 Å². The molecule has 2 heterocycles. The highest BCUT2D eigenvalue weighted by Crippen LogP contribution is 2.42. The molecule has 1 aromatic rings. The largest absolute Gasteiger partial charge is 0.479 e. The summed E-state index contributed by atoms with van der Waals surface area (Å²) < 4.78 is 43.5. The first-order valence-corrected chi connectivity index (χ1v) is 7.93. The standard InChI is InChI=1S/C16H16F2O9/c1-4-2-7(19)25-12-5(4)3-6(17)13(8(12)18)26-16-11(22)9(20)10(21)14(27-16)15(23)24/h3-4,9-11,14,16,20-22H,2H2,1H3,(H,23,24)/t4?,9?,10-,11-,14?,16+/m0/s1. The van der Waals surface area contributed by atoms with E-state index in [4.69, 9.17) is 19.3 Å². The summed E-state index contributed by atoms with van der Waals surface area (Å²) in [7, 11) is 0. The Kier molecular flexibility index (Phi) is 5.04. The van der Waals surface area contributed by atoms with Gasteiger partial charge in [-0.2, -0.15) is 4.39 Å². The Bertz CT molecular complexity index is 784. The van der Waals surface area contributed by atoms with Gasteiger partial charge in [-0.25, -0.2) is 9.18 Å². The van der Waals surface area contributed by atoms with E-state index in [2.05, 4.69) is 0 Å². The van der Waals surface area contributed by atoms with E-state index >= 15 is 0 Å². The second kappa shape index (κ2) is 7.00. The molecule has 0 aliphatic carbocycles. The van der Waals surface area contributed by atoms with Crippen molar-refractivity contribution in [2.45, 2.75) is 50.0 Å². The second-order valence-electron chi connectivity index (χ2n) is 6.35. The van der Waals surface area contributed by atoms with E-state index < -0.39 is 71.7 Å². The van der Waals surface area contributed by atoms with Gasteiger partial charge in [-0.15, -0.1) is 0 Å². The zero-order valence-corrected chi connectivity index (χ0v) is 13.8. The SMILES string of the molecule is CC1CC(=O)Oc2c1cc(F)c(O[C@@H]1OC(C(=O)O)[C@@H](O)C(O)[C@@H]1O)c2F. The molecule has 148 valence electrons. The molecule has 9 nitrogen and oxygen atoms in total. The number of fused-ring (bicyclic) bond motifs is 1. The number of rotatable bonds is 3. The van der Waals surface area contributed by atoms with Gasteiger partial charge in [0.15, 0.2) is 23.4 Å². The first-order valence-electron chi connectivity index (χ1n) is 7.93. The molecular weight excluding hydrogens is 374 g/mol. The smallest absolute Gasteiger partial charge is 0.335 e. The maximum absolute atomic E-state index is 14.7. The van der Waals surface area contributed by atoms with Crippen LogP contribution in [0.15, 0.2) is 6.07 Å². The van der Waals surface area contributed by atoms with Crippen LogP contribution in [-0.4, -0.2) is 63.1 Å². The molecule has 0 saturated carbocycles. The Labute approximate surface area is 150 Å². The summed E-state index contributed by atoms with van der Waals surface area (Å²) in [5, 5.41) is 38.2. The number of esters is 1. The number of aliphatic hydroxyl groups is 3. The fraction of sp³-hybridized carbons (Fsp3) is 0.500. The minimum atomic E-state index is -2.01. The van der Waals surface area contributed by atoms with E-state index in [0.29, 0.717) is 0 Å². The van der Waals surface area contributed by atoms with Crippen LogP contribution in [0.5, 0.6) is 11.5 Å². The van der Waals surface area contributed by atoms with Gasteiger partial charge in [0.25, 0.3) is 0 Å². The van der Waals surface area contributed by atoms with Gasteiger partial charge in [0.2, 0.25) is 12.1 Å². The predicted octanol–water partition coefficient (Wildman–Crippen LogP) is -0.352. The average molecular weight is 390 g/mol. The van der Waals surface area contributed by atoms with Crippen molar-refractivity contribution in [1.29, 1.82) is 0 Å². The summed E-state index contributed by atoms with van der Waals surface area (Å²) in [5.74, 6) is -7.15. The number of carboxylic acid groups (broad SMARTS) is 1. The molecule has 3 rings (SSSR count). The summed E-state index contributed by atoms with van der Waals surface area (Å²) in [6.07, 6.45) is -10.1. The first-order chi connectivity index (χ1) is 12.6. The Morgan fingerprint density at radius 2 is 1.89 bits per heavy atom. The number of aliphatic hydroxyl groups excluding tert-OH is 3. The zero-order valence-electron chi connectivity index (χ0n) is 13.8. The van der Waals surface area contributed by atoms with Crippen LogP contribution < -0.4 is 9.47 Å². The molecule has 0 aromatic heterocycles. The highest BCUT2D eigenvalue weighted by molar-refractivity contribution is 5.77. The first kappa shape index (κ1) is 19.4. The lowest BCUT2D eigenvalue weighted by atomic mass is 9.94. The summed E-state index contributed by atoms with van der Waals surface area (Å²) in [6, 6.07) is 0.889. The maximum atomic E-state index is 14.7. The molecule has 0 bridgehead atoms. The van der Waals surface area contributed by atoms with Gasteiger partial charge in [-0.3, -0.25) is 4.79 Å². The van der Waals surface area contributed by atoms with E-state index in [-0.39, 0.29) is 12.0 Å². The van der Waals surface area contributed by atoms with Crippen LogP contribution in [-0.2, 0) is 14.3 Å². The van der Waals surface area contributed by atoms with Crippen molar-refractivity contribution >= 4 is 11.9 Å². The van der Waals surface area contributed by atoms with Crippen LogP contribution in [0.4, 0.5) is 8.78 Å². The molecular formula is C16H16F2O9. The topological polar surface area (TPSA) is 143 Å². The number of carbonyl (C=O) groups excluding carboxylic acids is 1. The monoisotopic (exact) mass is 390 g/mol. The van der Waals surface area contributed by atoms with Crippen molar-refractivity contribution in [1.82, 2.24) is 0 Å². The summed E-state index contributed by atoms with van der Waals surface area (Å²) in [4.78, 5) is 22.6. The van der Waals surface area contributed by atoms with Crippen LogP contribution >= 0.6 is 0 Å². The fourth-order valence-electron chi connectivity index (χ4n) is 2.96. The molecule has 2 aliphatic heterocycles. The molecule has 1 aromatic carbocycles. The Hall–Kier alpha value is -2.34. The fourth-order valence-corrected chi connectivity index (χ4v) is 2.96.